The van der Waals surface area contributed by atoms with Gasteiger partial charge in [-0.25, -0.2) is 0 Å². The molecular weight excluding hydrogens is 212 g/mol. The van der Waals surface area contributed by atoms with Crippen LogP contribution in [0.25, 0.3) is 0 Å². The molecule has 0 aromatic heterocycles. The van der Waals surface area contributed by atoms with Gasteiger partial charge in [-0.1, -0.05) is 13.8 Å². The molecule has 17 heavy (non-hydrogen) atoms. The van der Waals surface area contributed by atoms with Crippen LogP contribution in [0, 0.1) is 11.8 Å². The molecule has 2 aliphatic rings. The van der Waals surface area contributed by atoms with Gasteiger partial charge >= 0.3 is 0 Å². The highest BCUT2D eigenvalue weighted by Gasteiger charge is 2.28. The third-order valence-corrected chi connectivity index (χ3v) is 4.20. The molecule has 3 atom stereocenters. The topological polar surface area (TPSA) is 24.5 Å². The number of hydrogen-bond acceptors (Lipinski definition) is 3. The number of piperidine rings is 1. The molecule has 3 heteroatoms. The van der Waals surface area contributed by atoms with E-state index in [0.29, 0.717) is 6.04 Å². The highest BCUT2D eigenvalue weighted by atomic mass is 16.5. The zero-order chi connectivity index (χ0) is 12.1. The third-order valence-electron chi connectivity index (χ3n) is 4.20. The molecule has 2 rings (SSSR count). The Morgan fingerprint density at radius 1 is 1.41 bits per heavy atom. The van der Waals surface area contributed by atoms with Crippen molar-refractivity contribution in [1.29, 1.82) is 0 Å². The number of ether oxygens (including phenoxy) is 1. The standard InChI is InChI=1S/C14H28N2O/c1-3-15-14(13-6-8-17-11-13)10-16-7-4-5-12(2)9-16/h12-15H,3-11H2,1-2H3. The summed E-state index contributed by atoms with van der Waals surface area (Å²) in [5.41, 5.74) is 0. The Kier molecular flexibility index (Phi) is 5.26. The lowest BCUT2D eigenvalue weighted by atomic mass is 9.95. The molecule has 2 aliphatic heterocycles. The Balaban J connectivity index is 1.83. The molecule has 100 valence electrons. The van der Waals surface area contributed by atoms with Crippen LogP contribution in [-0.2, 0) is 4.74 Å². The number of hydrogen-bond donors (Lipinski definition) is 1. The molecule has 2 fully saturated rings. The van der Waals surface area contributed by atoms with Gasteiger partial charge in [0.2, 0.25) is 0 Å². The fraction of sp³-hybridized carbons (Fsp3) is 1.00. The van der Waals surface area contributed by atoms with Crippen LogP contribution in [0.1, 0.15) is 33.1 Å². The third kappa shape index (κ3) is 3.94. The van der Waals surface area contributed by atoms with Crippen molar-refractivity contribution in [3.8, 4) is 0 Å². The molecule has 0 radical (unpaired) electrons. The van der Waals surface area contributed by atoms with Crippen molar-refractivity contribution < 1.29 is 4.74 Å². The number of likely N-dealkylation sites (tertiary alicyclic amines) is 1. The largest absolute Gasteiger partial charge is 0.381 e. The van der Waals surface area contributed by atoms with Crippen molar-refractivity contribution in [3.63, 3.8) is 0 Å². The maximum atomic E-state index is 5.54. The molecule has 0 aromatic rings. The number of nitrogens with one attached hydrogen (secondary N) is 1. The van der Waals surface area contributed by atoms with Gasteiger partial charge in [0.15, 0.2) is 0 Å². The first-order valence-electron chi connectivity index (χ1n) is 7.33. The van der Waals surface area contributed by atoms with Crippen molar-refractivity contribution in [2.75, 3.05) is 39.4 Å². The second-order valence-electron chi connectivity index (χ2n) is 5.79. The molecule has 0 amide bonds. The van der Waals surface area contributed by atoms with Crippen LogP contribution in [0.4, 0.5) is 0 Å². The molecular formula is C14H28N2O. The van der Waals surface area contributed by atoms with Gasteiger partial charge in [0, 0.05) is 31.7 Å². The van der Waals surface area contributed by atoms with Crippen molar-refractivity contribution >= 4 is 0 Å². The van der Waals surface area contributed by atoms with E-state index in [1.165, 1.54) is 38.9 Å². The Morgan fingerprint density at radius 3 is 2.94 bits per heavy atom. The first kappa shape index (κ1) is 13.3. The number of rotatable bonds is 5. The fourth-order valence-corrected chi connectivity index (χ4v) is 3.24. The van der Waals surface area contributed by atoms with E-state index in [1.54, 1.807) is 0 Å². The molecule has 0 bridgehead atoms. The minimum Gasteiger partial charge on any atom is -0.381 e. The van der Waals surface area contributed by atoms with E-state index >= 15 is 0 Å². The lowest BCUT2D eigenvalue weighted by Gasteiger charge is -2.35. The van der Waals surface area contributed by atoms with Gasteiger partial charge in [-0.2, -0.15) is 0 Å². The quantitative estimate of drug-likeness (QED) is 0.792. The SMILES string of the molecule is CCNC(CN1CCCC(C)C1)C1CCOC1. The maximum absolute atomic E-state index is 5.54. The van der Waals surface area contributed by atoms with E-state index in [2.05, 4.69) is 24.1 Å². The maximum Gasteiger partial charge on any atom is 0.0510 e. The van der Waals surface area contributed by atoms with Crippen LogP contribution in [0.3, 0.4) is 0 Å². The van der Waals surface area contributed by atoms with Crippen LogP contribution in [0.2, 0.25) is 0 Å². The summed E-state index contributed by atoms with van der Waals surface area (Å²) in [5, 5.41) is 3.67. The van der Waals surface area contributed by atoms with E-state index in [1.807, 2.05) is 0 Å². The molecule has 0 spiro atoms. The van der Waals surface area contributed by atoms with Crippen molar-refractivity contribution in [3.05, 3.63) is 0 Å². The molecule has 2 heterocycles. The Bertz CT molecular complexity index is 216. The monoisotopic (exact) mass is 240 g/mol. The van der Waals surface area contributed by atoms with Crippen LogP contribution >= 0.6 is 0 Å². The Morgan fingerprint density at radius 2 is 2.29 bits per heavy atom. The predicted octanol–water partition coefficient (Wildman–Crippen LogP) is 1.73. The van der Waals surface area contributed by atoms with Crippen LogP contribution < -0.4 is 5.32 Å². The van der Waals surface area contributed by atoms with Crippen molar-refractivity contribution in [2.45, 2.75) is 39.2 Å². The van der Waals surface area contributed by atoms with Crippen molar-refractivity contribution in [1.82, 2.24) is 10.2 Å². The lowest BCUT2D eigenvalue weighted by Crippen LogP contribution is -2.48. The highest BCUT2D eigenvalue weighted by molar-refractivity contribution is 4.83. The van der Waals surface area contributed by atoms with E-state index in [0.717, 1.165) is 31.6 Å². The lowest BCUT2D eigenvalue weighted by molar-refractivity contribution is 0.136. The zero-order valence-electron chi connectivity index (χ0n) is 11.5. The minimum atomic E-state index is 0.632. The first-order chi connectivity index (χ1) is 8.29. The molecule has 1 N–H and O–H groups in total. The predicted molar refractivity (Wildman–Crippen MR) is 71.2 cm³/mol. The van der Waals surface area contributed by atoms with Gasteiger partial charge in [-0.15, -0.1) is 0 Å². The second-order valence-corrected chi connectivity index (χ2v) is 5.79. The fourth-order valence-electron chi connectivity index (χ4n) is 3.24. The summed E-state index contributed by atoms with van der Waals surface area (Å²) in [5.74, 6) is 1.61. The van der Waals surface area contributed by atoms with Gasteiger partial charge in [0.1, 0.15) is 0 Å². The van der Waals surface area contributed by atoms with E-state index in [-0.39, 0.29) is 0 Å². The average molecular weight is 240 g/mol. The summed E-state index contributed by atoms with van der Waals surface area (Å²) in [4.78, 5) is 2.65. The van der Waals surface area contributed by atoms with E-state index in [4.69, 9.17) is 4.74 Å². The second kappa shape index (κ2) is 6.72. The Hall–Kier alpha value is -0.120. The minimum absolute atomic E-state index is 0.632. The molecule has 3 nitrogen and oxygen atoms in total. The van der Waals surface area contributed by atoms with E-state index < -0.39 is 0 Å². The zero-order valence-corrected chi connectivity index (χ0v) is 11.5. The van der Waals surface area contributed by atoms with Gasteiger partial charge in [-0.05, 0) is 38.3 Å². The highest BCUT2D eigenvalue weighted by Crippen LogP contribution is 2.20. The average Bonchev–Trinajstić information content (AvgIpc) is 2.82. The summed E-state index contributed by atoms with van der Waals surface area (Å²) in [6.45, 7) is 11.4. The molecule has 0 saturated carbocycles. The van der Waals surface area contributed by atoms with Crippen LogP contribution in [-0.4, -0.2) is 50.3 Å². The molecule has 2 saturated heterocycles. The van der Waals surface area contributed by atoms with Gasteiger partial charge in [0.05, 0.1) is 6.61 Å². The van der Waals surface area contributed by atoms with Gasteiger partial charge in [-0.3, -0.25) is 0 Å². The van der Waals surface area contributed by atoms with Crippen molar-refractivity contribution in [2.24, 2.45) is 11.8 Å². The molecule has 3 unspecified atom stereocenters. The summed E-state index contributed by atoms with van der Waals surface area (Å²) in [6, 6.07) is 0.632. The van der Waals surface area contributed by atoms with Crippen LogP contribution in [0.15, 0.2) is 0 Å². The summed E-state index contributed by atoms with van der Waals surface area (Å²) in [6.07, 6.45) is 4.02. The normalized spacial score (nSPS) is 32.8. The van der Waals surface area contributed by atoms with Gasteiger partial charge < -0.3 is 15.0 Å². The van der Waals surface area contributed by atoms with Gasteiger partial charge in [0.25, 0.3) is 0 Å². The summed E-state index contributed by atoms with van der Waals surface area (Å²) < 4.78 is 5.54. The first-order valence-corrected chi connectivity index (χ1v) is 7.33. The Labute approximate surface area is 106 Å². The molecule has 0 aromatic carbocycles. The molecule has 0 aliphatic carbocycles. The summed E-state index contributed by atoms with van der Waals surface area (Å²) >= 11 is 0. The summed E-state index contributed by atoms with van der Waals surface area (Å²) in [7, 11) is 0. The number of nitrogens with zero attached hydrogens (tertiary/aromatic N) is 1. The number of likely N-dealkylation sites (N-methyl/N-ethyl adjacent to an activating group) is 1. The smallest absolute Gasteiger partial charge is 0.0510 e. The van der Waals surface area contributed by atoms with E-state index in [9.17, 15) is 0 Å². The van der Waals surface area contributed by atoms with Crippen LogP contribution in [0.5, 0.6) is 0 Å².